The first kappa shape index (κ1) is 22.6. The van der Waals surface area contributed by atoms with Crippen LogP contribution in [-0.2, 0) is 29.1 Å². The Morgan fingerprint density at radius 2 is 1.50 bits per heavy atom. The molecule has 0 saturated carbocycles. The molecule has 1 heterocycles. The van der Waals surface area contributed by atoms with E-state index in [4.69, 9.17) is 4.74 Å². The molecule has 1 fully saturated rings. The van der Waals surface area contributed by atoms with Crippen LogP contribution in [0.15, 0.2) is 48.5 Å². The second-order valence-electron chi connectivity index (χ2n) is 7.69. The summed E-state index contributed by atoms with van der Waals surface area (Å²) in [5.41, 5.74) is -2.15. The van der Waals surface area contributed by atoms with Crippen LogP contribution in [0, 0.1) is 0 Å². The standard InChI is InChI=1S/C22H23F6NO/c23-21(24,25)18-10-16(11-19(12-18)22(26,27)28)13-30-15-20(8-4-5-9-29-14-20)17-6-2-1-3-7-17/h1-3,6-7,10-12,29H,4-5,8-9,13-15H2/t20-/m1/s1. The maximum Gasteiger partial charge on any atom is 0.416 e. The van der Waals surface area contributed by atoms with Gasteiger partial charge in [0.25, 0.3) is 0 Å². The minimum Gasteiger partial charge on any atom is -0.376 e. The van der Waals surface area contributed by atoms with Crippen molar-refractivity contribution in [3.63, 3.8) is 0 Å². The lowest BCUT2D eigenvalue weighted by molar-refractivity contribution is -0.143. The molecule has 3 rings (SSSR count). The van der Waals surface area contributed by atoms with Crippen LogP contribution in [0.3, 0.4) is 0 Å². The fraction of sp³-hybridized carbons (Fsp3) is 0.455. The Labute approximate surface area is 171 Å². The molecule has 0 unspecified atom stereocenters. The quantitative estimate of drug-likeness (QED) is 0.591. The van der Waals surface area contributed by atoms with Gasteiger partial charge in [0.1, 0.15) is 0 Å². The molecule has 30 heavy (non-hydrogen) atoms. The molecule has 0 amide bonds. The van der Waals surface area contributed by atoms with Gasteiger partial charge in [-0.2, -0.15) is 26.3 Å². The topological polar surface area (TPSA) is 21.3 Å². The van der Waals surface area contributed by atoms with Gasteiger partial charge in [-0.1, -0.05) is 36.8 Å². The largest absolute Gasteiger partial charge is 0.416 e. The third-order valence-corrected chi connectivity index (χ3v) is 5.40. The molecule has 0 aliphatic carbocycles. The summed E-state index contributed by atoms with van der Waals surface area (Å²) in [5, 5.41) is 3.37. The summed E-state index contributed by atoms with van der Waals surface area (Å²) in [4.78, 5) is 0. The highest BCUT2D eigenvalue weighted by Crippen LogP contribution is 2.37. The molecular formula is C22H23F6NO. The van der Waals surface area contributed by atoms with Crippen LogP contribution in [0.2, 0.25) is 0 Å². The average molecular weight is 431 g/mol. The van der Waals surface area contributed by atoms with E-state index in [2.05, 4.69) is 5.32 Å². The first-order valence-corrected chi connectivity index (χ1v) is 9.73. The number of alkyl halides is 6. The van der Waals surface area contributed by atoms with E-state index in [-0.39, 0.29) is 30.3 Å². The summed E-state index contributed by atoms with van der Waals surface area (Å²) < 4.78 is 84.1. The Balaban J connectivity index is 1.81. The van der Waals surface area contributed by atoms with Gasteiger partial charge >= 0.3 is 12.4 Å². The van der Waals surface area contributed by atoms with Gasteiger partial charge in [0, 0.05) is 12.0 Å². The van der Waals surface area contributed by atoms with Gasteiger partial charge in [0.15, 0.2) is 0 Å². The minimum absolute atomic E-state index is 0.129. The van der Waals surface area contributed by atoms with E-state index in [0.717, 1.165) is 43.5 Å². The number of hydrogen-bond acceptors (Lipinski definition) is 2. The Hall–Kier alpha value is -2.06. The van der Waals surface area contributed by atoms with E-state index in [1.165, 1.54) is 0 Å². The highest BCUT2D eigenvalue weighted by molar-refractivity contribution is 5.33. The monoisotopic (exact) mass is 431 g/mol. The molecule has 2 aromatic rings. The molecule has 164 valence electrons. The van der Waals surface area contributed by atoms with Gasteiger partial charge in [-0.25, -0.2) is 0 Å². The first-order chi connectivity index (χ1) is 14.1. The number of hydrogen-bond donors (Lipinski definition) is 1. The van der Waals surface area contributed by atoms with E-state index < -0.39 is 23.5 Å². The third kappa shape index (κ3) is 5.55. The summed E-state index contributed by atoms with van der Waals surface area (Å²) in [6.45, 7) is 1.35. The zero-order valence-electron chi connectivity index (χ0n) is 16.2. The van der Waals surface area contributed by atoms with Crippen LogP contribution in [0.1, 0.15) is 41.5 Å². The van der Waals surface area contributed by atoms with Crippen LogP contribution >= 0.6 is 0 Å². The van der Waals surface area contributed by atoms with Crippen molar-refractivity contribution in [1.82, 2.24) is 5.32 Å². The smallest absolute Gasteiger partial charge is 0.376 e. The predicted octanol–water partition coefficient (Wildman–Crippen LogP) is 5.95. The Morgan fingerprint density at radius 1 is 0.867 bits per heavy atom. The highest BCUT2D eigenvalue weighted by atomic mass is 19.4. The second kappa shape index (κ2) is 8.98. The van der Waals surface area contributed by atoms with E-state index in [0.29, 0.717) is 6.54 Å². The van der Waals surface area contributed by atoms with Crippen molar-refractivity contribution in [2.24, 2.45) is 0 Å². The lowest BCUT2D eigenvalue weighted by atomic mass is 9.77. The maximum atomic E-state index is 13.1. The maximum absolute atomic E-state index is 13.1. The van der Waals surface area contributed by atoms with Crippen molar-refractivity contribution >= 4 is 0 Å². The van der Waals surface area contributed by atoms with E-state index in [1.54, 1.807) is 0 Å². The summed E-state index contributed by atoms with van der Waals surface area (Å²) in [7, 11) is 0. The second-order valence-corrected chi connectivity index (χ2v) is 7.69. The van der Waals surface area contributed by atoms with Crippen molar-refractivity contribution in [3.05, 3.63) is 70.8 Å². The van der Waals surface area contributed by atoms with Gasteiger partial charge < -0.3 is 10.1 Å². The lowest BCUT2D eigenvalue weighted by Gasteiger charge is -2.33. The predicted molar refractivity (Wildman–Crippen MR) is 101 cm³/mol. The zero-order valence-corrected chi connectivity index (χ0v) is 16.2. The van der Waals surface area contributed by atoms with Gasteiger partial charge in [-0.05, 0) is 48.7 Å². The third-order valence-electron chi connectivity index (χ3n) is 5.40. The van der Waals surface area contributed by atoms with Gasteiger partial charge in [0.05, 0.1) is 24.3 Å². The van der Waals surface area contributed by atoms with Crippen LogP contribution in [0.25, 0.3) is 0 Å². The van der Waals surface area contributed by atoms with Crippen molar-refractivity contribution < 1.29 is 31.1 Å². The molecule has 8 heteroatoms. The molecule has 2 aromatic carbocycles. The van der Waals surface area contributed by atoms with Crippen LogP contribution in [0.5, 0.6) is 0 Å². The molecule has 0 bridgehead atoms. The van der Waals surface area contributed by atoms with Crippen molar-refractivity contribution in [2.75, 3.05) is 19.7 Å². The minimum atomic E-state index is -4.87. The SMILES string of the molecule is FC(F)(F)c1cc(COC[C@@]2(c3ccccc3)CCCCNC2)cc(C(F)(F)F)c1. The molecule has 2 nitrogen and oxygen atoms in total. The Bertz CT molecular complexity index is 792. The zero-order chi connectivity index (χ0) is 21.8. The van der Waals surface area contributed by atoms with Crippen molar-refractivity contribution in [2.45, 2.75) is 43.6 Å². The van der Waals surface area contributed by atoms with Gasteiger partial charge in [-0.3, -0.25) is 0 Å². The molecule has 0 spiro atoms. The van der Waals surface area contributed by atoms with Crippen LogP contribution in [-0.4, -0.2) is 19.7 Å². The highest BCUT2D eigenvalue weighted by Gasteiger charge is 2.37. The number of benzene rings is 2. The fourth-order valence-corrected chi connectivity index (χ4v) is 3.84. The molecule has 1 atom stereocenters. The van der Waals surface area contributed by atoms with Gasteiger partial charge in [0.2, 0.25) is 0 Å². The van der Waals surface area contributed by atoms with Crippen molar-refractivity contribution in [3.8, 4) is 0 Å². The van der Waals surface area contributed by atoms with E-state index in [1.807, 2.05) is 30.3 Å². The number of rotatable bonds is 5. The summed E-state index contributed by atoms with van der Waals surface area (Å²) >= 11 is 0. The molecular weight excluding hydrogens is 408 g/mol. The van der Waals surface area contributed by atoms with Gasteiger partial charge in [-0.15, -0.1) is 0 Å². The normalized spacial score (nSPS) is 20.7. The Kier molecular flexibility index (Phi) is 6.77. The number of halogens is 6. The molecule has 1 aliphatic heterocycles. The van der Waals surface area contributed by atoms with E-state index in [9.17, 15) is 26.3 Å². The van der Waals surface area contributed by atoms with E-state index >= 15 is 0 Å². The molecule has 0 radical (unpaired) electrons. The Morgan fingerprint density at radius 3 is 2.10 bits per heavy atom. The average Bonchev–Trinajstić information content (AvgIpc) is 2.94. The summed E-state index contributed by atoms with van der Waals surface area (Å²) in [6.07, 6.45) is -6.97. The summed E-state index contributed by atoms with van der Waals surface area (Å²) in [6, 6.07) is 11.2. The molecule has 1 saturated heterocycles. The molecule has 0 aromatic heterocycles. The number of nitrogens with one attached hydrogen (secondary N) is 1. The first-order valence-electron chi connectivity index (χ1n) is 9.73. The lowest BCUT2D eigenvalue weighted by Crippen LogP contribution is -2.40. The summed E-state index contributed by atoms with van der Waals surface area (Å²) in [5.74, 6) is 0. The van der Waals surface area contributed by atoms with Crippen LogP contribution < -0.4 is 5.32 Å². The van der Waals surface area contributed by atoms with Crippen molar-refractivity contribution in [1.29, 1.82) is 0 Å². The number of ether oxygens (including phenoxy) is 1. The fourth-order valence-electron chi connectivity index (χ4n) is 3.84. The van der Waals surface area contributed by atoms with Crippen LogP contribution in [0.4, 0.5) is 26.3 Å². The molecule has 1 N–H and O–H groups in total. The molecule has 1 aliphatic rings.